The van der Waals surface area contributed by atoms with Crippen LogP contribution in [-0.2, 0) is 4.79 Å². The number of nitrogens with zero attached hydrogens (tertiary/aromatic N) is 1. The number of carboxylic acids is 1. The highest BCUT2D eigenvalue weighted by Gasteiger charge is 2.07. The second-order valence-corrected chi connectivity index (χ2v) is 5.14. The highest BCUT2D eigenvalue weighted by atomic mass is 79.9. The minimum absolute atomic E-state index is 0.175. The van der Waals surface area contributed by atoms with Crippen LogP contribution in [0.4, 0.5) is 5.69 Å². The molecule has 0 fully saturated rings. The second-order valence-electron chi connectivity index (χ2n) is 4.22. The van der Waals surface area contributed by atoms with Crippen LogP contribution in [0.2, 0.25) is 0 Å². The summed E-state index contributed by atoms with van der Waals surface area (Å²) in [7, 11) is 0. The van der Waals surface area contributed by atoms with Crippen molar-refractivity contribution in [2.45, 2.75) is 19.8 Å². The van der Waals surface area contributed by atoms with Crippen molar-refractivity contribution >= 4 is 27.6 Å². The van der Waals surface area contributed by atoms with Gasteiger partial charge in [-0.05, 0) is 30.5 Å². The number of aliphatic carboxylic acids is 1. The molecule has 0 spiro atoms. The molecule has 1 atom stereocenters. The number of hydrogen-bond acceptors (Lipinski definition) is 3. The van der Waals surface area contributed by atoms with Crippen molar-refractivity contribution in [2.75, 3.05) is 11.9 Å². The van der Waals surface area contributed by atoms with Crippen LogP contribution in [-0.4, -0.2) is 17.6 Å². The van der Waals surface area contributed by atoms with E-state index in [0.717, 1.165) is 10.2 Å². The topological polar surface area (TPSA) is 73.1 Å². The van der Waals surface area contributed by atoms with Crippen LogP contribution in [0.15, 0.2) is 22.7 Å². The average molecular weight is 311 g/mol. The van der Waals surface area contributed by atoms with Crippen molar-refractivity contribution in [3.05, 3.63) is 28.2 Å². The molecule has 0 aliphatic heterocycles. The minimum Gasteiger partial charge on any atom is -0.481 e. The van der Waals surface area contributed by atoms with E-state index in [1.807, 2.05) is 19.1 Å². The quantitative estimate of drug-likeness (QED) is 0.846. The Labute approximate surface area is 115 Å². The molecule has 0 saturated carbocycles. The zero-order valence-electron chi connectivity index (χ0n) is 10.1. The SMILES string of the molecule is CC(CCC(=O)O)CNc1ccc(Br)cc1C#N. The summed E-state index contributed by atoms with van der Waals surface area (Å²) in [5.74, 6) is -0.528. The number of hydrogen-bond donors (Lipinski definition) is 2. The van der Waals surface area contributed by atoms with E-state index in [-0.39, 0.29) is 12.3 Å². The van der Waals surface area contributed by atoms with Gasteiger partial charge in [0.15, 0.2) is 0 Å². The van der Waals surface area contributed by atoms with E-state index in [0.29, 0.717) is 18.5 Å². The number of anilines is 1. The number of nitrogens with one attached hydrogen (secondary N) is 1. The number of nitriles is 1. The highest BCUT2D eigenvalue weighted by molar-refractivity contribution is 9.10. The van der Waals surface area contributed by atoms with Crippen LogP contribution in [0, 0.1) is 17.2 Å². The van der Waals surface area contributed by atoms with Gasteiger partial charge in [-0.3, -0.25) is 4.79 Å². The largest absolute Gasteiger partial charge is 0.481 e. The van der Waals surface area contributed by atoms with Gasteiger partial charge < -0.3 is 10.4 Å². The number of halogens is 1. The van der Waals surface area contributed by atoms with E-state index in [1.54, 1.807) is 6.07 Å². The predicted octanol–water partition coefficient (Wildman–Crippen LogP) is 3.23. The van der Waals surface area contributed by atoms with Crippen LogP contribution < -0.4 is 5.32 Å². The third-order valence-electron chi connectivity index (χ3n) is 2.59. The fourth-order valence-corrected chi connectivity index (χ4v) is 1.88. The van der Waals surface area contributed by atoms with Gasteiger partial charge in [0.25, 0.3) is 0 Å². The van der Waals surface area contributed by atoms with Gasteiger partial charge in [0.2, 0.25) is 0 Å². The lowest BCUT2D eigenvalue weighted by molar-refractivity contribution is -0.137. The van der Waals surface area contributed by atoms with Crippen molar-refractivity contribution in [1.29, 1.82) is 5.26 Å². The van der Waals surface area contributed by atoms with E-state index in [9.17, 15) is 4.79 Å². The Morgan fingerprint density at radius 3 is 2.94 bits per heavy atom. The van der Waals surface area contributed by atoms with E-state index in [4.69, 9.17) is 10.4 Å². The Hall–Kier alpha value is -1.54. The molecule has 1 rings (SSSR count). The predicted molar refractivity (Wildman–Crippen MR) is 73.4 cm³/mol. The maximum absolute atomic E-state index is 10.4. The molecule has 0 saturated heterocycles. The molecule has 0 radical (unpaired) electrons. The molecule has 96 valence electrons. The molecule has 0 aromatic heterocycles. The Morgan fingerprint density at radius 2 is 2.33 bits per heavy atom. The summed E-state index contributed by atoms with van der Waals surface area (Å²) < 4.78 is 0.864. The molecular weight excluding hydrogens is 296 g/mol. The van der Waals surface area contributed by atoms with E-state index >= 15 is 0 Å². The Morgan fingerprint density at radius 1 is 1.61 bits per heavy atom. The second kappa shape index (κ2) is 7.02. The van der Waals surface area contributed by atoms with Crippen molar-refractivity contribution < 1.29 is 9.90 Å². The summed E-state index contributed by atoms with van der Waals surface area (Å²) in [5, 5.41) is 20.8. The third-order valence-corrected chi connectivity index (χ3v) is 3.09. The molecular formula is C13H15BrN2O2. The highest BCUT2D eigenvalue weighted by Crippen LogP contribution is 2.20. The summed E-state index contributed by atoms with van der Waals surface area (Å²) in [4.78, 5) is 10.4. The lowest BCUT2D eigenvalue weighted by Crippen LogP contribution is -2.13. The van der Waals surface area contributed by atoms with Gasteiger partial charge in [-0.1, -0.05) is 22.9 Å². The maximum Gasteiger partial charge on any atom is 0.303 e. The first kappa shape index (κ1) is 14.5. The standard InChI is InChI=1S/C13H15BrN2O2/c1-9(2-5-13(17)18)8-16-12-4-3-11(14)6-10(12)7-15/h3-4,6,9,16H,2,5,8H2,1H3,(H,17,18). The Bertz CT molecular complexity index is 469. The molecule has 0 bridgehead atoms. The van der Waals surface area contributed by atoms with Crippen molar-refractivity contribution in [2.24, 2.45) is 5.92 Å². The van der Waals surface area contributed by atoms with Crippen LogP contribution >= 0.6 is 15.9 Å². The summed E-state index contributed by atoms with van der Waals surface area (Å²) in [6, 6.07) is 7.58. The molecule has 1 unspecified atom stereocenters. The van der Waals surface area contributed by atoms with Gasteiger partial charge in [-0.25, -0.2) is 0 Å². The fourth-order valence-electron chi connectivity index (χ4n) is 1.52. The van der Waals surface area contributed by atoms with Crippen molar-refractivity contribution in [3.8, 4) is 6.07 Å². The summed E-state index contributed by atoms with van der Waals surface area (Å²) in [6.45, 7) is 2.64. The number of benzene rings is 1. The van der Waals surface area contributed by atoms with Gasteiger partial charge >= 0.3 is 5.97 Å². The smallest absolute Gasteiger partial charge is 0.303 e. The third kappa shape index (κ3) is 4.76. The summed E-state index contributed by atoms with van der Waals surface area (Å²) in [5.41, 5.74) is 1.36. The van der Waals surface area contributed by atoms with E-state index < -0.39 is 5.97 Å². The fraction of sp³-hybridized carbons (Fsp3) is 0.385. The first-order chi connectivity index (χ1) is 8.52. The molecule has 0 amide bonds. The first-order valence-corrected chi connectivity index (χ1v) is 6.47. The Kier molecular flexibility index (Phi) is 5.66. The normalized spacial score (nSPS) is 11.6. The zero-order valence-corrected chi connectivity index (χ0v) is 11.7. The number of carboxylic acid groups (broad SMARTS) is 1. The van der Waals surface area contributed by atoms with Crippen LogP contribution in [0.1, 0.15) is 25.3 Å². The molecule has 5 heteroatoms. The molecule has 1 aromatic carbocycles. The van der Waals surface area contributed by atoms with Crippen LogP contribution in [0.25, 0.3) is 0 Å². The van der Waals surface area contributed by atoms with Gasteiger partial charge in [0.1, 0.15) is 6.07 Å². The van der Waals surface area contributed by atoms with E-state index in [2.05, 4.69) is 27.3 Å². The molecule has 4 nitrogen and oxygen atoms in total. The van der Waals surface area contributed by atoms with Crippen molar-refractivity contribution in [1.82, 2.24) is 0 Å². The van der Waals surface area contributed by atoms with Crippen molar-refractivity contribution in [3.63, 3.8) is 0 Å². The van der Waals surface area contributed by atoms with Gasteiger partial charge in [0.05, 0.1) is 11.3 Å². The summed E-state index contributed by atoms with van der Waals surface area (Å²) >= 11 is 3.31. The number of carbonyl (C=O) groups is 1. The number of rotatable bonds is 6. The van der Waals surface area contributed by atoms with Gasteiger partial charge in [0, 0.05) is 17.4 Å². The lowest BCUT2D eigenvalue weighted by atomic mass is 10.1. The summed E-state index contributed by atoms with van der Waals surface area (Å²) in [6.07, 6.45) is 0.801. The van der Waals surface area contributed by atoms with Gasteiger partial charge in [-0.15, -0.1) is 0 Å². The zero-order chi connectivity index (χ0) is 13.5. The molecule has 1 aromatic rings. The van der Waals surface area contributed by atoms with Crippen LogP contribution in [0.5, 0.6) is 0 Å². The molecule has 0 heterocycles. The molecule has 0 aliphatic carbocycles. The first-order valence-electron chi connectivity index (χ1n) is 5.68. The molecule has 2 N–H and O–H groups in total. The van der Waals surface area contributed by atoms with E-state index in [1.165, 1.54) is 0 Å². The average Bonchev–Trinajstić information content (AvgIpc) is 2.34. The lowest BCUT2D eigenvalue weighted by Gasteiger charge is -2.13. The molecule has 0 aliphatic rings. The van der Waals surface area contributed by atoms with Crippen LogP contribution in [0.3, 0.4) is 0 Å². The van der Waals surface area contributed by atoms with Gasteiger partial charge in [-0.2, -0.15) is 5.26 Å². The monoisotopic (exact) mass is 310 g/mol. The minimum atomic E-state index is -0.775. The Balaban J connectivity index is 2.53. The maximum atomic E-state index is 10.4. The molecule has 18 heavy (non-hydrogen) atoms.